The molecule has 0 aliphatic carbocycles. The molecular weight excluding hydrogens is 360 g/mol. The summed E-state index contributed by atoms with van der Waals surface area (Å²) in [6, 6.07) is 0. The van der Waals surface area contributed by atoms with Crippen LogP contribution in [0.15, 0.2) is 0 Å². The molecule has 0 spiro atoms. The van der Waals surface area contributed by atoms with Gasteiger partial charge in [-0.2, -0.15) is 52.7 Å². The van der Waals surface area contributed by atoms with Crippen LogP contribution in [0.25, 0.3) is 0 Å². The van der Waals surface area contributed by atoms with Crippen molar-refractivity contribution >= 4 is 0 Å². The molecule has 0 N–H and O–H groups in total. The largest absolute Gasteiger partial charge is 0.401 e. The second kappa shape index (κ2) is 5.91. The van der Waals surface area contributed by atoms with E-state index in [1.54, 1.807) is 0 Å². The van der Waals surface area contributed by atoms with Gasteiger partial charge >= 0.3 is 24.7 Å². The van der Waals surface area contributed by atoms with Gasteiger partial charge in [0.05, 0.1) is 0 Å². The molecule has 0 saturated heterocycles. The third-order valence-electron chi connectivity index (χ3n) is 3.80. The second-order valence-electron chi connectivity index (χ2n) is 5.55. The monoisotopic (exact) mass is 372 g/mol. The van der Waals surface area contributed by atoms with E-state index in [9.17, 15) is 52.7 Å². The summed E-state index contributed by atoms with van der Waals surface area (Å²) in [5, 5.41) is 0. The Bertz CT molecular complexity index is 333. The van der Waals surface area contributed by atoms with E-state index in [1.807, 2.05) is 0 Å². The molecule has 140 valence electrons. The molecular formula is C11H12F12. The smallest absolute Gasteiger partial charge is 0.170 e. The molecule has 0 aromatic heterocycles. The van der Waals surface area contributed by atoms with Gasteiger partial charge in [0.2, 0.25) is 0 Å². The van der Waals surface area contributed by atoms with Crippen LogP contribution in [0.2, 0.25) is 0 Å². The van der Waals surface area contributed by atoms with E-state index in [4.69, 9.17) is 0 Å². The summed E-state index contributed by atoms with van der Waals surface area (Å²) in [6.07, 6.45) is -25.4. The van der Waals surface area contributed by atoms with E-state index in [2.05, 4.69) is 0 Å². The lowest BCUT2D eigenvalue weighted by Crippen LogP contribution is -2.60. The van der Waals surface area contributed by atoms with Gasteiger partial charge in [-0.15, -0.1) is 0 Å². The molecule has 0 amide bonds. The first kappa shape index (κ1) is 22.2. The number of hydrogen-bond acceptors (Lipinski definition) is 0. The van der Waals surface area contributed by atoms with Gasteiger partial charge in [0.1, 0.15) is 0 Å². The van der Waals surface area contributed by atoms with Crippen molar-refractivity contribution in [2.75, 3.05) is 0 Å². The highest BCUT2D eigenvalue weighted by Crippen LogP contribution is 2.62. The summed E-state index contributed by atoms with van der Waals surface area (Å²) in [5.74, 6) is -11.8. The van der Waals surface area contributed by atoms with Crippen LogP contribution in [-0.4, -0.2) is 24.7 Å². The van der Waals surface area contributed by atoms with Gasteiger partial charge in [0, 0.05) is 5.41 Å². The highest BCUT2D eigenvalue weighted by molar-refractivity contribution is 5.02. The summed E-state index contributed by atoms with van der Waals surface area (Å²) in [5.41, 5.74) is -4.23. The van der Waals surface area contributed by atoms with E-state index in [0.717, 1.165) is 0 Å². The predicted octanol–water partition coefficient (Wildman–Crippen LogP) is 6.13. The number of halogens is 12. The Hall–Kier alpha value is -0.840. The van der Waals surface area contributed by atoms with E-state index < -0.39 is 47.9 Å². The molecule has 0 aromatic carbocycles. The number of hydrogen-bond donors (Lipinski definition) is 0. The van der Waals surface area contributed by atoms with Gasteiger partial charge in [-0.25, -0.2) is 0 Å². The zero-order valence-electron chi connectivity index (χ0n) is 11.8. The zero-order valence-corrected chi connectivity index (χ0v) is 11.8. The Morgan fingerprint density at radius 3 is 0.739 bits per heavy atom. The lowest BCUT2D eigenvalue weighted by Gasteiger charge is -2.48. The van der Waals surface area contributed by atoms with Crippen molar-refractivity contribution in [3.63, 3.8) is 0 Å². The van der Waals surface area contributed by atoms with Crippen molar-refractivity contribution in [2.24, 2.45) is 23.2 Å². The Labute approximate surface area is 122 Å². The lowest BCUT2D eigenvalue weighted by atomic mass is 9.60. The first-order valence-electron chi connectivity index (χ1n) is 5.94. The van der Waals surface area contributed by atoms with Crippen LogP contribution in [0.1, 0.15) is 20.8 Å². The minimum absolute atomic E-state index is 0.283. The quantitative estimate of drug-likeness (QED) is 0.523. The second-order valence-corrected chi connectivity index (χ2v) is 5.55. The molecule has 0 rings (SSSR count). The molecule has 0 aromatic rings. The van der Waals surface area contributed by atoms with Gasteiger partial charge < -0.3 is 0 Å². The topological polar surface area (TPSA) is 0 Å². The van der Waals surface area contributed by atoms with Crippen LogP contribution in [0, 0.1) is 23.2 Å². The van der Waals surface area contributed by atoms with E-state index in [0.29, 0.717) is 13.8 Å². The minimum atomic E-state index is -6.34. The molecule has 0 fully saturated rings. The molecule has 0 nitrogen and oxygen atoms in total. The molecule has 0 radical (unpaired) electrons. The SMILES string of the molecule is CC(C)C(C)(C(C(F)(F)F)C(F)(F)F)C(C(F)(F)F)C(F)(F)F. The zero-order chi connectivity index (χ0) is 19.2. The molecule has 23 heavy (non-hydrogen) atoms. The Morgan fingerprint density at radius 1 is 0.478 bits per heavy atom. The maximum absolute atomic E-state index is 12.8. The summed E-state index contributed by atoms with van der Waals surface area (Å²) in [6.45, 7) is 0.624. The normalized spacial score (nSPS) is 15.9. The van der Waals surface area contributed by atoms with E-state index in [-0.39, 0.29) is 6.92 Å². The van der Waals surface area contributed by atoms with Crippen LogP contribution >= 0.6 is 0 Å². The third kappa shape index (κ3) is 4.59. The Morgan fingerprint density at radius 2 is 0.652 bits per heavy atom. The molecule has 0 unspecified atom stereocenters. The summed E-state index contributed by atoms with van der Waals surface area (Å²) < 4.78 is 153. The minimum Gasteiger partial charge on any atom is -0.170 e. The number of alkyl halides is 12. The number of rotatable bonds is 3. The molecule has 0 atom stereocenters. The van der Waals surface area contributed by atoms with Crippen molar-refractivity contribution < 1.29 is 52.7 Å². The van der Waals surface area contributed by atoms with Crippen molar-refractivity contribution in [3.05, 3.63) is 0 Å². The van der Waals surface area contributed by atoms with Gasteiger partial charge in [-0.05, 0) is 5.92 Å². The fraction of sp³-hybridized carbons (Fsp3) is 1.00. The standard InChI is InChI=1S/C11H12F12/c1-4(2)7(3,5(8(12,13)14)9(15,16)17)6(10(18,19)20)11(21,22)23/h4-6H,1-3H3. The van der Waals surface area contributed by atoms with Crippen molar-refractivity contribution in [2.45, 2.75) is 45.5 Å². The first-order chi connectivity index (χ1) is 9.68. The Kier molecular flexibility index (Phi) is 5.69. The molecule has 0 bridgehead atoms. The van der Waals surface area contributed by atoms with E-state index >= 15 is 0 Å². The van der Waals surface area contributed by atoms with Gasteiger partial charge in [-0.3, -0.25) is 0 Å². The van der Waals surface area contributed by atoms with Crippen LogP contribution in [0.4, 0.5) is 52.7 Å². The average Bonchev–Trinajstić information content (AvgIpc) is 2.05. The maximum Gasteiger partial charge on any atom is 0.401 e. The Balaban J connectivity index is 6.69. The fourth-order valence-electron chi connectivity index (χ4n) is 2.62. The van der Waals surface area contributed by atoms with Gasteiger partial charge in [0.15, 0.2) is 11.8 Å². The van der Waals surface area contributed by atoms with Crippen LogP contribution in [-0.2, 0) is 0 Å². The maximum atomic E-state index is 12.8. The molecule has 0 saturated carbocycles. The highest BCUT2D eigenvalue weighted by atomic mass is 19.4. The summed E-state index contributed by atoms with van der Waals surface area (Å²) in [4.78, 5) is 0. The predicted molar refractivity (Wildman–Crippen MR) is 54.1 cm³/mol. The third-order valence-corrected chi connectivity index (χ3v) is 3.80. The molecule has 0 aliphatic heterocycles. The summed E-state index contributed by atoms with van der Waals surface area (Å²) in [7, 11) is 0. The molecule has 12 heteroatoms. The highest BCUT2D eigenvalue weighted by Gasteiger charge is 2.75. The van der Waals surface area contributed by atoms with Crippen molar-refractivity contribution in [3.8, 4) is 0 Å². The molecule has 0 heterocycles. The molecule has 0 aliphatic rings. The first-order valence-corrected chi connectivity index (χ1v) is 5.94. The van der Waals surface area contributed by atoms with Crippen molar-refractivity contribution in [1.82, 2.24) is 0 Å². The van der Waals surface area contributed by atoms with Gasteiger partial charge in [-0.1, -0.05) is 20.8 Å². The van der Waals surface area contributed by atoms with Crippen LogP contribution in [0.3, 0.4) is 0 Å². The van der Waals surface area contributed by atoms with E-state index in [1.165, 1.54) is 0 Å². The van der Waals surface area contributed by atoms with Crippen LogP contribution < -0.4 is 0 Å². The fourth-order valence-corrected chi connectivity index (χ4v) is 2.62. The average molecular weight is 372 g/mol. The van der Waals surface area contributed by atoms with Crippen molar-refractivity contribution in [1.29, 1.82) is 0 Å². The summed E-state index contributed by atoms with van der Waals surface area (Å²) >= 11 is 0. The van der Waals surface area contributed by atoms with Gasteiger partial charge in [0.25, 0.3) is 0 Å². The lowest BCUT2D eigenvalue weighted by molar-refractivity contribution is -0.379. The van der Waals surface area contributed by atoms with Crippen LogP contribution in [0.5, 0.6) is 0 Å².